The third-order valence-corrected chi connectivity index (χ3v) is 3.42. The fraction of sp³-hybridized carbons (Fsp3) is 0.0714. The maximum Gasteiger partial charge on any atom is 0.147 e. The molecule has 0 aliphatic rings. The molecule has 2 rings (SSSR count). The molecular weight excluding hydrogens is 283 g/mol. The second kappa shape index (κ2) is 5.51. The summed E-state index contributed by atoms with van der Waals surface area (Å²) in [7, 11) is 0. The predicted molar refractivity (Wildman–Crippen MR) is 78.7 cm³/mol. The van der Waals surface area contributed by atoms with Gasteiger partial charge in [-0.15, -0.1) is 0 Å². The van der Waals surface area contributed by atoms with Gasteiger partial charge in [0.05, 0.1) is 5.02 Å². The van der Waals surface area contributed by atoms with E-state index in [1.54, 1.807) is 36.4 Å². The Labute approximate surface area is 121 Å². The van der Waals surface area contributed by atoms with Crippen molar-refractivity contribution < 1.29 is 4.74 Å². The molecule has 0 unspecified atom stereocenters. The standard InChI is InChI=1S/C14H12Cl2N2O/c1-8-7-9(14(17)18)5-6-11(8)19-12-4-2-3-10(15)13(12)16/h2-7H,1H3,(H3,17,18). The fourth-order valence-corrected chi connectivity index (χ4v) is 1.94. The molecule has 3 N–H and O–H groups in total. The molecule has 0 amide bonds. The Hall–Kier alpha value is -1.71. The predicted octanol–water partition coefficient (Wildman–Crippen LogP) is 4.38. The van der Waals surface area contributed by atoms with Crippen LogP contribution in [0.15, 0.2) is 36.4 Å². The largest absolute Gasteiger partial charge is 0.455 e. The van der Waals surface area contributed by atoms with Crippen molar-refractivity contribution in [2.24, 2.45) is 5.73 Å². The fourth-order valence-electron chi connectivity index (χ4n) is 1.61. The third-order valence-electron chi connectivity index (χ3n) is 2.62. The normalized spacial score (nSPS) is 10.3. The molecular formula is C14H12Cl2N2O. The van der Waals surface area contributed by atoms with Crippen molar-refractivity contribution >= 4 is 29.0 Å². The number of rotatable bonds is 3. The van der Waals surface area contributed by atoms with E-state index in [4.69, 9.17) is 39.1 Å². The van der Waals surface area contributed by atoms with Gasteiger partial charge in [-0.25, -0.2) is 0 Å². The van der Waals surface area contributed by atoms with Crippen LogP contribution in [-0.4, -0.2) is 5.84 Å². The topological polar surface area (TPSA) is 59.1 Å². The van der Waals surface area contributed by atoms with Crippen molar-refractivity contribution in [3.8, 4) is 11.5 Å². The van der Waals surface area contributed by atoms with Gasteiger partial charge in [-0.3, -0.25) is 5.41 Å². The second-order valence-corrected chi connectivity index (χ2v) is 4.83. The summed E-state index contributed by atoms with van der Waals surface area (Å²) in [6, 6.07) is 10.5. The maximum absolute atomic E-state index is 7.38. The first-order valence-corrected chi connectivity index (χ1v) is 6.31. The van der Waals surface area contributed by atoms with Gasteiger partial charge in [0.2, 0.25) is 0 Å². The van der Waals surface area contributed by atoms with Crippen molar-refractivity contribution in [1.29, 1.82) is 5.41 Å². The Bertz CT molecular complexity index is 641. The van der Waals surface area contributed by atoms with Crippen molar-refractivity contribution in [3.63, 3.8) is 0 Å². The second-order valence-electron chi connectivity index (χ2n) is 4.05. The van der Waals surface area contributed by atoms with Crippen LogP contribution in [0.3, 0.4) is 0 Å². The minimum Gasteiger partial charge on any atom is -0.455 e. The van der Waals surface area contributed by atoms with Gasteiger partial charge in [-0.05, 0) is 42.8 Å². The van der Waals surface area contributed by atoms with Crippen molar-refractivity contribution in [3.05, 3.63) is 57.6 Å². The highest BCUT2D eigenvalue weighted by atomic mass is 35.5. The van der Waals surface area contributed by atoms with Gasteiger partial charge in [0.1, 0.15) is 22.4 Å². The lowest BCUT2D eigenvalue weighted by Crippen LogP contribution is -2.11. The van der Waals surface area contributed by atoms with Crippen LogP contribution in [0.1, 0.15) is 11.1 Å². The van der Waals surface area contributed by atoms with Gasteiger partial charge in [0.15, 0.2) is 0 Å². The summed E-state index contributed by atoms with van der Waals surface area (Å²) in [5.74, 6) is 1.16. The first kappa shape index (κ1) is 13.7. The summed E-state index contributed by atoms with van der Waals surface area (Å²) in [6.07, 6.45) is 0. The molecule has 2 aromatic rings. The van der Waals surface area contributed by atoms with E-state index in [2.05, 4.69) is 0 Å². The lowest BCUT2D eigenvalue weighted by atomic mass is 10.1. The Balaban J connectivity index is 2.34. The zero-order valence-corrected chi connectivity index (χ0v) is 11.7. The molecule has 0 atom stereocenters. The molecule has 0 saturated carbocycles. The van der Waals surface area contributed by atoms with Gasteiger partial charge in [-0.2, -0.15) is 0 Å². The van der Waals surface area contributed by atoms with Gasteiger partial charge in [0.25, 0.3) is 0 Å². The highest BCUT2D eigenvalue weighted by Crippen LogP contribution is 2.35. The van der Waals surface area contributed by atoms with Gasteiger partial charge in [0, 0.05) is 5.56 Å². The van der Waals surface area contributed by atoms with E-state index in [0.717, 1.165) is 5.56 Å². The zero-order valence-electron chi connectivity index (χ0n) is 10.2. The number of halogens is 2. The van der Waals surface area contributed by atoms with Crippen molar-refractivity contribution in [2.45, 2.75) is 6.92 Å². The first-order valence-electron chi connectivity index (χ1n) is 5.56. The number of amidine groups is 1. The Morgan fingerprint density at radius 2 is 1.89 bits per heavy atom. The van der Waals surface area contributed by atoms with E-state index < -0.39 is 0 Å². The van der Waals surface area contributed by atoms with E-state index >= 15 is 0 Å². The van der Waals surface area contributed by atoms with E-state index in [1.165, 1.54) is 0 Å². The molecule has 0 spiro atoms. The van der Waals surface area contributed by atoms with E-state index in [9.17, 15) is 0 Å². The van der Waals surface area contributed by atoms with Crippen LogP contribution in [0.25, 0.3) is 0 Å². The highest BCUT2D eigenvalue weighted by Gasteiger charge is 2.09. The molecule has 0 radical (unpaired) electrons. The Morgan fingerprint density at radius 1 is 1.16 bits per heavy atom. The summed E-state index contributed by atoms with van der Waals surface area (Å²) in [6.45, 7) is 1.88. The smallest absolute Gasteiger partial charge is 0.147 e. The number of nitrogens with one attached hydrogen (secondary N) is 1. The van der Waals surface area contributed by atoms with Gasteiger partial charge >= 0.3 is 0 Å². The first-order chi connectivity index (χ1) is 8.99. The van der Waals surface area contributed by atoms with Crippen LogP contribution in [0.5, 0.6) is 11.5 Å². The van der Waals surface area contributed by atoms with Gasteiger partial charge < -0.3 is 10.5 Å². The number of aryl methyl sites for hydroxylation is 1. The highest BCUT2D eigenvalue weighted by molar-refractivity contribution is 6.42. The molecule has 5 heteroatoms. The van der Waals surface area contributed by atoms with Crippen LogP contribution >= 0.6 is 23.2 Å². The van der Waals surface area contributed by atoms with E-state index in [0.29, 0.717) is 27.1 Å². The van der Waals surface area contributed by atoms with Crippen LogP contribution in [0.2, 0.25) is 10.0 Å². The molecule has 0 aliphatic heterocycles. The lowest BCUT2D eigenvalue weighted by molar-refractivity contribution is 0.479. The minimum absolute atomic E-state index is 0.0236. The quantitative estimate of drug-likeness (QED) is 0.652. The lowest BCUT2D eigenvalue weighted by Gasteiger charge is -2.11. The zero-order chi connectivity index (χ0) is 14.0. The van der Waals surface area contributed by atoms with Crippen LogP contribution in [0.4, 0.5) is 0 Å². The molecule has 0 aliphatic carbocycles. The summed E-state index contributed by atoms with van der Waals surface area (Å²) >= 11 is 12.0. The van der Waals surface area contributed by atoms with Crippen molar-refractivity contribution in [2.75, 3.05) is 0 Å². The average Bonchev–Trinajstić information content (AvgIpc) is 2.37. The monoisotopic (exact) mass is 294 g/mol. The van der Waals surface area contributed by atoms with Crippen LogP contribution < -0.4 is 10.5 Å². The Morgan fingerprint density at radius 3 is 2.53 bits per heavy atom. The van der Waals surface area contributed by atoms with Gasteiger partial charge in [-0.1, -0.05) is 29.3 Å². The molecule has 0 bridgehead atoms. The number of hydrogen-bond acceptors (Lipinski definition) is 2. The maximum atomic E-state index is 7.38. The number of benzene rings is 2. The number of nitrogen functional groups attached to an aromatic ring is 1. The molecule has 19 heavy (non-hydrogen) atoms. The minimum atomic E-state index is 0.0236. The van der Waals surface area contributed by atoms with E-state index in [1.807, 2.05) is 6.92 Å². The molecule has 2 aromatic carbocycles. The average molecular weight is 295 g/mol. The SMILES string of the molecule is Cc1cc(C(=N)N)ccc1Oc1cccc(Cl)c1Cl. The summed E-state index contributed by atoms with van der Waals surface area (Å²) in [5, 5.41) is 8.20. The number of hydrogen-bond donors (Lipinski definition) is 2. The molecule has 0 saturated heterocycles. The van der Waals surface area contributed by atoms with Crippen molar-refractivity contribution in [1.82, 2.24) is 0 Å². The summed E-state index contributed by atoms with van der Waals surface area (Å²) in [4.78, 5) is 0. The number of nitrogens with two attached hydrogens (primary N) is 1. The van der Waals surface area contributed by atoms with E-state index in [-0.39, 0.29) is 5.84 Å². The number of ether oxygens (including phenoxy) is 1. The molecule has 3 nitrogen and oxygen atoms in total. The summed E-state index contributed by atoms with van der Waals surface area (Å²) < 4.78 is 5.73. The molecule has 0 aromatic heterocycles. The van der Waals surface area contributed by atoms with Crippen LogP contribution in [-0.2, 0) is 0 Å². The molecule has 0 heterocycles. The molecule has 0 fully saturated rings. The summed E-state index contributed by atoms with van der Waals surface area (Å²) in [5.41, 5.74) is 6.95. The third kappa shape index (κ3) is 3.00. The van der Waals surface area contributed by atoms with Crippen LogP contribution in [0, 0.1) is 12.3 Å². The molecule has 98 valence electrons. The Kier molecular flexibility index (Phi) is 3.98.